The topological polar surface area (TPSA) is 207 Å². The summed E-state index contributed by atoms with van der Waals surface area (Å²) in [6.45, 7) is 14.4. The van der Waals surface area contributed by atoms with Gasteiger partial charge in [0.15, 0.2) is 0 Å². The van der Waals surface area contributed by atoms with Crippen molar-refractivity contribution in [2.45, 2.75) is 32.4 Å². The molecule has 4 aliphatic heterocycles. The molecule has 0 radical (unpaired) electrons. The largest absolute Gasteiger partial charge is 0.469 e. The van der Waals surface area contributed by atoms with Crippen molar-refractivity contribution in [2.75, 3.05) is 132 Å². The van der Waals surface area contributed by atoms with Crippen LogP contribution in [0.5, 0.6) is 0 Å². The zero-order chi connectivity index (χ0) is 71.1. The lowest BCUT2D eigenvalue weighted by atomic mass is 10.1. The number of carbonyl (C=O) groups is 2. The number of anilines is 4. The summed E-state index contributed by atoms with van der Waals surface area (Å²) < 4.78 is 64.4. The van der Waals surface area contributed by atoms with Gasteiger partial charge in [0.1, 0.15) is 11.6 Å². The molecule has 4 saturated heterocycles. The number of carbonyl (C=O) groups excluding carboxylic acids is 2. The summed E-state index contributed by atoms with van der Waals surface area (Å²) in [4.78, 5) is 49.4. The van der Waals surface area contributed by atoms with E-state index in [0.717, 1.165) is 167 Å². The smallest absolute Gasteiger partial charge is 0.311 e. The van der Waals surface area contributed by atoms with Gasteiger partial charge in [-0.2, -0.15) is 9.65 Å². The molecule has 10 aromatic rings. The number of halogens is 3. The highest BCUT2D eigenvalue weighted by Crippen LogP contribution is 2.28. The Bertz CT molecular complexity index is 4210. The zero-order valence-corrected chi connectivity index (χ0v) is 57.2. The van der Waals surface area contributed by atoms with Gasteiger partial charge >= 0.3 is 5.97 Å². The minimum Gasteiger partial charge on any atom is -0.469 e. The highest BCUT2D eigenvalue weighted by atomic mass is 19.1. The SMILES string of the molecule is COC(=O)Cc1ccc(-c2ccc(N3CCOCC3)cc2)cn1.Fc1ccc(-c2ccc(N3CCOCC3)cc2)cn1.N#CCc1ccc(-c2ccc(N3CCOCC3)cc2)cn1.NCc1cccc(F)c1.O=C(Cc1ccc(-c2ccc(N3CCOCC3)cc2)cn1)NCc1cccc(F)c1. The van der Waals surface area contributed by atoms with E-state index in [0.29, 0.717) is 30.9 Å². The first-order chi connectivity index (χ1) is 49.9. The third-order valence-corrected chi connectivity index (χ3v) is 17.2. The van der Waals surface area contributed by atoms with Crippen molar-refractivity contribution in [1.29, 1.82) is 5.26 Å². The molecule has 0 bridgehead atoms. The molecular formula is C81H84F3N11O7. The first-order valence-electron chi connectivity index (χ1n) is 34.0. The van der Waals surface area contributed by atoms with E-state index < -0.39 is 5.95 Å². The monoisotopic (exact) mass is 1380 g/mol. The average molecular weight is 1380 g/mol. The first kappa shape index (κ1) is 73.8. The maximum Gasteiger partial charge on any atom is 0.311 e. The van der Waals surface area contributed by atoms with Crippen molar-refractivity contribution in [3.63, 3.8) is 0 Å². The molecule has 0 atom stereocenters. The fourth-order valence-corrected chi connectivity index (χ4v) is 11.4. The fraction of sp³-hybridized carbons (Fsp3) is 0.272. The van der Waals surface area contributed by atoms with E-state index in [9.17, 15) is 22.8 Å². The number of aromatic nitrogens is 4. The molecule has 4 aromatic heterocycles. The van der Waals surface area contributed by atoms with Gasteiger partial charge in [0.25, 0.3) is 0 Å². The summed E-state index contributed by atoms with van der Waals surface area (Å²) in [5.74, 6) is -1.40. The number of hydrogen-bond donors (Lipinski definition) is 2. The number of nitrogens with two attached hydrogens (primary N) is 1. The van der Waals surface area contributed by atoms with Gasteiger partial charge in [-0.15, -0.1) is 0 Å². The third-order valence-electron chi connectivity index (χ3n) is 17.2. The van der Waals surface area contributed by atoms with Crippen molar-refractivity contribution < 1.29 is 46.4 Å². The Balaban J connectivity index is 0.000000142. The lowest BCUT2D eigenvalue weighted by Gasteiger charge is -2.28. The molecule has 1 amide bonds. The number of benzene rings is 6. The van der Waals surface area contributed by atoms with Crippen LogP contribution < -0.4 is 30.7 Å². The molecule has 0 aliphatic carbocycles. The summed E-state index contributed by atoms with van der Waals surface area (Å²) in [5, 5.41) is 11.5. The number of esters is 1. The van der Waals surface area contributed by atoms with Crippen molar-refractivity contribution >= 4 is 34.6 Å². The highest BCUT2D eigenvalue weighted by molar-refractivity contribution is 5.78. The van der Waals surface area contributed by atoms with Gasteiger partial charge in [-0.05, 0) is 137 Å². The fourth-order valence-electron chi connectivity index (χ4n) is 11.4. The number of nitrogens with one attached hydrogen (secondary N) is 1. The first-order valence-corrected chi connectivity index (χ1v) is 34.0. The summed E-state index contributed by atoms with van der Waals surface area (Å²) in [6.07, 6.45) is 7.71. The van der Waals surface area contributed by atoms with E-state index in [-0.39, 0.29) is 36.4 Å². The van der Waals surface area contributed by atoms with Crippen molar-refractivity contribution in [1.82, 2.24) is 25.3 Å². The standard InChI is InChI=1S/C24H24FN3O2.C18H20N2O3.C17H17N3O.C15H15FN2O.C7H8FN/c25-21-3-1-2-18(14-21)16-27-24(29)15-22-7-4-20(17-26-22)19-5-8-23(9-6-19)28-10-12-30-13-11-28;1-22-18(21)12-16-5-2-15(13-19-16)14-3-6-17(7-4-14)20-8-10-23-11-9-20;18-8-7-16-4-1-15(13-19-16)14-2-5-17(6-3-14)20-9-11-21-12-10-20;16-15-6-3-13(11-17-15)12-1-4-14(5-2-12)18-7-9-19-10-8-18;8-7-3-1-2-6(4-7)5-9/h1-9,14,17H,10-13,15-16H2,(H,27,29);2-7,13H,8-12H2,1H3;1-6,13H,7,9-12H2;1-6,11H,7-10H2;1-4H,5,9H2. The van der Waals surface area contributed by atoms with E-state index in [1.54, 1.807) is 48.9 Å². The van der Waals surface area contributed by atoms with Crippen molar-refractivity contribution in [3.05, 3.63) is 265 Å². The summed E-state index contributed by atoms with van der Waals surface area (Å²) in [7, 11) is 1.38. The van der Waals surface area contributed by atoms with E-state index in [1.165, 1.54) is 60.2 Å². The minimum absolute atomic E-state index is 0.144. The molecule has 3 N–H and O–H groups in total. The normalized spacial score (nSPS) is 14.1. The number of morpholine rings is 4. The number of pyridine rings is 4. The second kappa shape index (κ2) is 39.2. The Kier molecular flexibility index (Phi) is 28.4. The van der Waals surface area contributed by atoms with E-state index >= 15 is 0 Å². The van der Waals surface area contributed by atoms with Gasteiger partial charge in [0.2, 0.25) is 11.9 Å². The maximum absolute atomic E-state index is 13.2. The number of nitriles is 1. The molecule has 6 aromatic carbocycles. The quantitative estimate of drug-likeness (QED) is 0.0681. The molecule has 0 saturated carbocycles. The Morgan fingerprint density at radius 2 is 0.775 bits per heavy atom. The molecule has 0 unspecified atom stereocenters. The lowest BCUT2D eigenvalue weighted by Crippen LogP contribution is -2.36. The molecule has 18 nitrogen and oxygen atoms in total. The van der Waals surface area contributed by atoms with Crippen LogP contribution in [0.4, 0.5) is 35.9 Å². The van der Waals surface area contributed by atoms with E-state index in [2.05, 4.69) is 141 Å². The van der Waals surface area contributed by atoms with Crippen LogP contribution in [-0.4, -0.2) is 144 Å². The number of nitrogens with zero attached hydrogens (tertiary/aromatic N) is 9. The Labute approximate surface area is 594 Å². The van der Waals surface area contributed by atoms with Gasteiger partial charge in [-0.25, -0.2) is 13.8 Å². The Morgan fingerprint density at radius 1 is 0.441 bits per heavy atom. The van der Waals surface area contributed by atoms with Crippen LogP contribution in [-0.2, 0) is 65.6 Å². The molecule has 0 spiro atoms. The van der Waals surface area contributed by atoms with Gasteiger partial charge < -0.3 is 54.3 Å². The van der Waals surface area contributed by atoms with Crippen molar-refractivity contribution in [3.8, 4) is 50.6 Å². The van der Waals surface area contributed by atoms with E-state index in [4.69, 9.17) is 29.9 Å². The molecule has 14 rings (SSSR count). The summed E-state index contributed by atoms with van der Waals surface area (Å²) >= 11 is 0. The Morgan fingerprint density at radius 3 is 1.09 bits per heavy atom. The highest BCUT2D eigenvalue weighted by Gasteiger charge is 2.16. The predicted molar refractivity (Wildman–Crippen MR) is 392 cm³/mol. The van der Waals surface area contributed by atoms with Crippen LogP contribution >= 0.6 is 0 Å². The number of methoxy groups -OCH3 is 1. The number of rotatable bonds is 16. The van der Waals surface area contributed by atoms with E-state index in [1.807, 2.05) is 54.7 Å². The minimum atomic E-state index is -0.450. The van der Waals surface area contributed by atoms with Crippen LogP contribution in [0, 0.1) is 28.9 Å². The molecule has 4 aliphatic rings. The van der Waals surface area contributed by atoms with Crippen LogP contribution in [0.15, 0.2) is 219 Å². The van der Waals surface area contributed by atoms with Crippen LogP contribution in [0.3, 0.4) is 0 Å². The molecule has 102 heavy (non-hydrogen) atoms. The Hall–Kier alpha value is -10.9. The molecule has 526 valence electrons. The molecular weight excluding hydrogens is 1300 g/mol. The summed E-state index contributed by atoms with van der Waals surface area (Å²) in [5.41, 5.74) is 22.3. The van der Waals surface area contributed by atoms with Crippen LogP contribution in [0.25, 0.3) is 44.5 Å². The van der Waals surface area contributed by atoms with Gasteiger partial charge in [0, 0.05) is 141 Å². The van der Waals surface area contributed by atoms with Gasteiger partial charge in [-0.3, -0.25) is 24.5 Å². The third kappa shape index (κ3) is 23.1. The van der Waals surface area contributed by atoms with Gasteiger partial charge in [-0.1, -0.05) is 91.0 Å². The second-order valence-electron chi connectivity index (χ2n) is 24.1. The number of amides is 1. The van der Waals surface area contributed by atoms with Gasteiger partial charge in [0.05, 0.1) is 96.7 Å². The second-order valence-corrected chi connectivity index (χ2v) is 24.1. The van der Waals surface area contributed by atoms with Crippen LogP contribution in [0.2, 0.25) is 0 Å². The number of hydrogen-bond acceptors (Lipinski definition) is 17. The van der Waals surface area contributed by atoms with Crippen molar-refractivity contribution in [2.24, 2.45) is 5.73 Å². The zero-order valence-electron chi connectivity index (χ0n) is 57.2. The number of ether oxygens (including phenoxy) is 5. The average Bonchev–Trinajstić information content (AvgIpc) is 0.861. The predicted octanol–water partition coefficient (Wildman–Crippen LogP) is 12.5. The lowest BCUT2D eigenvalue weighted by molar-refractivity contribution is -0.139. The molecule has 8 heterocycles. The maximum atomic E-state index is 13.2. The van der Waals surface area contributed by atoms with Crippen LogP contribution in [0.1, 0.15) is 28.2 Å². The summed E-state index contributed by atoms with van der Waals surface area (Å²) in [6, 6.07) is 63.0. The molecule has 21 heteroatoms. The molecule has 4 fully saturated rings.